The lowest BCUT2D eigenvalue weighted by Crippen LogP contribution is -2.52. The number of alkyl carbamates (subject to hydrolysis) is 1. The lowest BCUT2D eigenvalue weighted by molar-refractivity contribution is -0.143. The number of hydrogen-bond acceptors (Lipinski definition) is 4. The van der Waals surface area contributed by atoms with E-state index in [4.69, 9.17) is 4.74 Å². The maximum Gasteiger partial charge on any atom is 0.408 e. The summed E-state index contributed by atoms with van der Waals surface area (Å²) in [6.07, 6.45) is 5.35. The van der Waals surface area contributed by atoms with Gasteiger partial charge in [0.15, 0.2) is 0 Å². The highest BCUT2D eigenvalue weighted by atomic mass is 16.6. The Morgan fingerprint density at radius 1 is 1.06 bits per heavy atom. The van der Waals surface area contributed by atoms with Gasteiger partial charge < -0.3 is 20.3 Å². The molecule has 2 rings (SSSR count). The predicted molar refractivity (Wildman–Crippen MR) is 135 cm³/mol. The molecule has 2 unspecified atom stereocenters. The summed E-state index contributed by atoms with van der Waals surface area (Å²) in [6, 6.07) is 5.16. The van der Waals surface area contributed by atoms with Crippen LogP contribution in [0.3, 0.4) is 0 Å². The third kappa shape index (κ3) is 8.33. The molecule has 7 nitrogen and oxygen atoms in total. The smallest absolute Gasteiger partial charge is 0.408 e. The molecule has 1 aromatic carbocycles. The number of hydrogen-bond donors (Lipinski definition) is 2. The Hall–Kier alpha value is -2.57. The minimum absolute atomic E-state index is 0.128. The number of nitrogens with one attached hydrogen (secondary N) is 2. The van der Waals surface area contributed by atoms with Crippen molar-refractivity contribution in [3.63, 3.8) is 0 Å². The Balaban J connectivity index is 2.35. The molecule has 2 N–H and O–H groups in total. The van der Waals surface area contributed by atoms with Gasteiger partial charge in [-0.05, 0) is 66.4 Å². The molecular weight excluding hydrogens is 430 g/mol. The molecule has 1 fully saturated rings. The average Bonchev–Trinajstić information content (AvgIpc) is 2.73. The first-order valence-electron chi connectivity index (χ1n) is 12.6. The normalized spacial score (nSPS) is 16.3. The molecule has 190 valence electrons. The maximum absolute atomic E-state index is 13.7. The van der Waals surface area contributed by atoms with E-state index in [1.807, 2.05) is 39.8 Å². The number of aryl methyl sites for hydroxylation is 2. The van der Waals surface area contributed by atoms with Gasteiger partial charge >= 0.3 is 6.09 Å². The number of carbonyl (C=O) groups excluding carboxylic acids is 3. The summed E-state index contributed by atoms with van der Waals surface area (Å²) in [5.41, 5.74) is 2.20. The van der Waals surface area contributed by atoms with Crippen LogP contribution in [-0.2, 0) is 14.3 Å². The largest absolute Gasteiger partial charge is 0.444 e. The van der Waals surface area contributed by atoms with E-state index in [2.05, 4.69) is 16.7 Å². The zero-order chi connectivity index (χ0) is 25.5. The third-order valence-corrected chi connectivity index (χ3v) is 6.17. The summed E-state index contributed by atoms with van der Waals surface area (Å²) in [4.78, 5) is 41.0. The SMILES string of the molecule is CCC(C)N(C(=O)CNC(=O)OC(C)(C)C)C(C(=O)NC1CCCCC1)c1cc(C)cc(C)c1. The average molecular weight is 474 g/mol. The van der Waals surface area contributed by atoms with Crippen LogP contribution in [-0.4, -0.2) is 47.0 Å². The van der Waals surface area contributed by atoms with E-state index in [0.717, 1.165) is 42.4 Å². The summed E-state index contributed by atoms with van der Waals surface area (Å²) < 4.78 is 5.28. The van der Waals surface area contributed by atoms with Crippen molar-refractivity contribution in [2.24, 2.45) is 0 Å². The second-order valence-electron chi connectivity index (χ2n) is 10.6. The fourth-order valence-electron chi connectivity index (χ4n) is 4.53. The summed E-state index contributed by atoms with van der Waals surface area (Å²) in [5, 5.41) is 5.79. The zero-order valence-electron chi connectivity index (χ0n) is 22.0. The standard InChI is InChI=1S/C27H43N3O4/c1-8-20(4)30(23(31)17-28-26(33)34-27(5,6)7)24(21-15-18(2)14-19(3)16-21)25(32)29-22-12-10-9-11-13-22/h14-16,20,22,24H,8-13,17H2,1-7H3,(H,28,33)(H,29,32). The second kappa shape index (κ2) is 12.2. The van der Waals surface area contributed by atoms with Crippen molar-refractivity contribution >= 4 is 17.9 Å². The first-order valence-corrected chi connectivity index (χ1v) is 12.6. The van der Waals surface area contributed by atoms with Gasteiger partial charge in [-0.25, -0.2) is 4.79 Å². The molecule has 0 radical (unpaired) electrons. The van der Waals surface area contributed by atoms with Gasteiger partial charge in [-0.2, -0.15) is 0 Å². The van der Waals surface area contributed by atoms with Crippen molar-refractivity contribution in [2.45, 2.75) is 111 Å². The highest BCUT2D eigenvalue weighted by Gasteiger charge is 2.35. The fraction of sp³-hybridized carbons (Fsp3) is 0.667. The lowest BCUT2D eigenvalue weighted by atomic mass is 9.93. The monoisotopic (exact) mass is 473 g/mol. The Bertz CT molecular complexity index is 836. The van der Waals surface area contributed by atoms with E-state index in [1.165, 1.54) is 6.42 Å². The number of rotatable bonds is 8. The van der Waals surface area contributed by atoms with Crippen molar-refractivity contribution in [3.8, 4) is 0 Å². The van der Waals surface area contributed by atoms with E-state index in [0.29, 0.717) is 6.42 Å². The molecule has 1 aliphatic rings. The molecule has 7 heteroatoms. The Morgan fingerprint density at radius 3 is 2.18 bits per heavy atom. The first kappa shape index (κ1) is 27.7. The van der Waals surface area contributed by atoms with E-state index < -0.39 is 17.7 Å². The molecule has 3 amide bonds. The van der Waals surface area contributed by atoms with Crippen LogP contribution in [0.15, 0.2) is 18.2 Å². The van der Waals surface area contributed by atoms with Gasteiger partial charge in [0.2, 0.25) is 11.8 Å². The van der Waals surface area contributed by atoms with E-state index in [-0.39, 0.29) is 30.4 Å². The number of ether oxygens (including phenoxy) is 1. The van der Waals surface area contributed by atoms with Gasteiger partial charge in [-0.1, -0.05) is 55.5 Å². The van der Waals surface area contributed by atoms with Gasteiger partial charge in [0, 0.05) is 12.1 Å². The zero-order valence-corrected chi connectivity index (χ0v) is 22.0. The van der Waals surface area contributed by atoms with Crippen LogP contribution in [0.1, 0.15) is 95.9 Å². The third-order valence-electron chi connectivity index (χ3n) is 6.17. The van der Waals surface area contributed by atoms with Gasteiger partial charge in [0.1, 0.15) is 18.2 Å². The number of nitrogens with zero attached hydrogens (tertiary/aromatic N) is 1. The highest BCUT2D eigenvalue weighted by molar-refractivity contribution is 5.90. The molecule has 0 aliphatic heterocycles. The molecule has 1 aliphatic carbocycles. The molecule has 2 atom stereocenters. The van der Waals surface area contributed by atoms with Crippen molar-refractivity contribution in [1.82, 2.24) is 15.5 Å². The molecule has 34 heavy (non-hydrogen) atoms. The molecule has 0 aromatic heterocycles. The van der Waals surface area contributed by atoms with Crippen LogP contribution in [0.5, 0.6) is 0 Å². The Kier molecular flexibility index (Phi) is 9.95. The van der Waals surface area contributed by atoms with Crippen LogP contribution in [0.2, 0.25) is 0 Å². The summed E-state index contributed by atoms with van der Waals surface area (Å²) in [6.45, 7) is 13.0. The van der Waals surface area contributed by atoms with E-state index >= 15 is 0 Å². The van der Waals surface area contributed by atoms with Crippen LogP contribution in [0, 0.1) is 13.8 Å². The molecule has 0 bridgehead atoms. The van der Waals surface area contributed by atoms with E-state index in [9.17, 15) is 14.4 Å². The lowest BCUT2D eigenvalue weighted by Gasteiger charge is -2.37. The summed E-state index contributed by atoms with van der Waals surface area (Å²) in [5.74, 6) is -0.481. The van der Waals surface area contributed by atoms with Crippen LogP contribution in [0.25, 0.3) is 0 Å². The molecule has 1 aromatic rings. The van der Waals surface area contributed by atoms with Gasteiger partial charge in [-0.15, -0.1) is 0 Å². The number of benzene rings is 1. The number of amides is 3. The number of carbonyl (C=O) groups is 3. The van der Waals surface area contributed by atoms with Gasteiger partial charge in [-0.3, -0.25) is 9.59 Å². The predicted octanol–water partition coefficient (Wildman–Crippen LogP) is 4.95. The molecule has 0 heterocycles. The summed E-state index contributed by atoms with van der Waals surface area (Å²) in [7, 11) is 0. The van der Waals surface area contributed by atoms with Gasteiger partial charge in [0.05, 0.1) is 0 Å². The Labute approximate surface area is 205 Å². The molecular formula is C27H43N3O4. The molecule has 0 saturated heterocycles. The summed E-state index contributed by atoms with van der Waals surface area (Å²) >= 11 is 0. The van der Waals surface area contributed by atoms with Crippen molar-refractivity contribution in [2.75, 3.05) is 6.54 Å². The van der Waals surface area contributed by atoms with Crippen molar-refractivity contribution in [3.05, 3.63) is 34.9 Å². The van der Waals surface area contributed by atoms with Crippen molar-refractivity contribution in [1.29, 1.82) is 0 Å². The van der Waals surface area contributed by atoms with Crippen LogP contribution in [0.4, 0.5) is 4.79 Å². The van der Waals surface area contributed by atoms with Crippen LogP contribution < -0.4 is 10.6 Å². The highest BCUT2D eigenvalue weighted by Crippen LogP contribution is 2.28. The maximum atomic E-state index is 13.7. The minimum Gasteiger partial charge on any atom is -0.444 e. The second-order valence-corrected chi connectivity index (χ2v) is 10.6. The Morgan fingerprint density at radius 2 is 1.65 bits per heavy atom. The minimum atomic E-state index is -0.775. The van der Waals surface area contributed by atoms with Crippen molar-refractivity contribution < 1.29 is 19.1 Å². The van der Waals surface area contributed by atoms with Crippen LogP contribution >= 0.6 is 0 Å². The molecule has 1 saturated carbocycles. The fourth-order valence-corrected chi connectivity index (χ4v) is 4.53. The topological polar surface area (TPSA) is 87.7 Å². The molecule has 0 spiro atoms. The van der Waals surface area contributed by atoms with Gasteiger partial charge in [0.25, 0.3) is 0 Å². The first-order chi connectivity index (χ1) is 15.9. The van der Waals surface area contributed by atoms with E-state index in [1.54, 1.807) is 25.7 Å². The quantitative estimate of drug-likeness (QED) is 0.559.